The van der Waals surface area contributed by atoms with Crippen molar-refractivity contribution in [1.82, 2.24) is 4.98 Å². The summed E-state index contributed by atoms with van der Waals surface area (Å²) in [6.07, 6.45) is 0. The van der Waals surface area contributed by atoms with E-state index in [2.05, 4.69) is 18.8 Å². The van der Waals surface area contributed by atoms with Gasteiger partial charge in [0.15, 0.2) is 5.78 Å². The van der Waals surface area contributed by atoms with Gasteiger partial charge in [-0.15, -0.1) is 0 Å². The molecule has 0 radical (unpaired) electrons. The Labute approximate surface area is 134 Å². The summed E-state index contributed by atoms with van der Waals surface area (Å²) in [4.78, 5) is 16.5. The van der Waals surface area contributed by atoms with E-state index >= 15 is 0 Å². The monoisotopic (exact) mass is 306 g/mol. The first-order chi connectivity index (χ1) is 10.9. The standard InChI is InChI=1S/C19H18N2O2/c1-19(2)16-12(5-4-6-14(16)23-3)17(22)15-11-8-7-10(20)9-13(11)21-18(15)19/h4-9,21H,20H2,1-3H3. The Balaban J connectivity index is 2.12. The lowest BCUT2D eigenvalue weighted by Crippen LogP contribution is -2.30. The number of anilines is 1. The third-order valence-corrected chi connectivity index (χ3v) is 4.79. The maximum atomic E-state index is 13.1. The van der Waals surface area contributed by atoms with Crippen LogP contribution in [0.3, 0.4) is 0 Å². The number of carbonyl (C=O) groups is 1. The fraction of sp³-hybridized carbons (Fsp3) is 0.211. The van der Waals surface area contributed by atoms with Crippen LogP contribution < -0.4 is 10.5 Å². The van der Waals surface area contributed by atoms with Gasteiger partial charge in [-0.3, -0.25) is 4.79 Å². The molecule has 4 heteroatoms. The summed E-state index contributed by atoms with van der Waals surface area (Å²) in [7, 11) is 1.64. The minimum Gasteiger partial charge on any atom is -0.496 e. The van der Waals surface area contributed by atoms with Crippen molar-refractivity contribution >= 4 is 22.4 Å². The van der Waals surface area contributed by atoms with E-state index in [4.69, 9.17) is 10.5 Å². The largest absolute Gasteiger partial charge is 0.496 e. The van der Waals surface area contributed by atoms with E-state index in [0.29, 0.717) is 11.3 Å². The van der Waals surface area contributed by atoms with Crippen LogP contribution in [0.4, 0.5) is 5.69 Å². The van der Waals surface area contributed by atoms with E-state index < -0.39 is 0 Å². The van der Waals surface area contributed by atoms with Crippen LogP contribution in [-0.2, 0) is 5.41 Å². The van der Waals surface area contributed by atoms with Gasteiger partial charge in [-0.05, 0) is 18.2 Å². The highest BCUT2D eigenvalue weighted by Crippen LogP contribution is 2.47. The number of aromatic amines is 1. The zero-order valence-electron chi connectivity index (χ0n) is 13.4. The second kappa shape index (κ2) is 4.38. The Morgan fingerprint density at radius 2 is 1.96 bits per heavy atom. The van der Waals surface area contributed by atoms with Gasteiger partial charge in [-0.2, -0.15) is 0 Å². The molecule has 1 aliphatic rings. The van der Waals surface area contributed by atoms with Crippen molar-refractivity contribution < 1.29 is 9.53 Å². The maximum Gasteiger partial charge on any atom is 0.195 e. The molecule has 0 atom stereocenters. The van der Waals surface area contributed by atoms with Crippen LogP contribution in [0, 0.1) is 0 Å². The van der Waals surface area contributed by atoms with Gasteiger partial charge in [0.25, 0.3) is 0 Å². The quantitative estimate of drug-likeness (QED) is 0.675. The average molecular weight is 306 g/mol. The summed E-state index contributed by atoms with van der Waals surface area (Å²) in [5.41, 5.74) is 10.4. The Kier molecular flexibility index (Phi) is 2.64. The van der Waals surface area contributed by atoms with Gasteiger partial charge in [0.1, 0.15) is 5.75 Å². The van der Waals surface area contributed by atoms with E-state index in [-0.39, 0.29) is 11.2 Å². The smallest absolute Gasteiger partial charge is 0.195 e. The van der Waals surface area contributed by atoms with Crippen LogP contribution in [0.25, 0.3) is 10.9 Å². The molecule has 1 heterocycles. The van der Waals surface area contributed by atoms with Crippen molar-refractivity contribution in [2.45, 2.75) is 19.3 Å². The second-order valence-electron chi connectivity index (χ2n) is 6.52. The SMILES string of the molecule is COc1cccc2c1C(C)(C)c1[nH]c3cc(N)ccc3c1C2=O. The molecular weight excluding hydrogens is 288 g/mol. The maximum absolute atomic E-state index is 13.1. The molecule has 4 nitrogen and oxygen atoms in total. The topological polar surface area (TPSA) is 68.1 Å². The molecule has 1 aliphatic carbocycles. The van der Waals surface area contributed by atoms with Crippen molar-refractivity contribution in [3.63, 3.8) is 0 Å². The number of carbonyl (C=O) groups excluding carboxylic acids is 1. The highest BCUT2D eigenvalue weighted by atomic mass is 16.5. The number of nitrogen functional groups attached to an aromatic ring is 1. The predicted octanol–water partition coefficient (Wildman–Crippen LogP) is 3.63. The fourth-order valence-electron chi connectivity index (χ4n) is 3.71. The molecule has 0 saturated carbocycles. The van der Waals surface area contributed by atoms with Crippen LogP contribution in [0.5, 0.6) is 5.75 Å². The highest BCUT2D eigenvalue weighted by molar-refractivity contribution is 6.20. The molecule has 23 heavy (non-hydrogen) atoms. The van der Waals surface area contributed by atoms with Crippen molar-refractivity contribution in [3.8, 4) is 5.75 Å². The Morgan fingerprint density at radius 3 is 2.70 bits per heavy atom. The molecule has 2 aromatic carbocycles. The van der Waals surface area contributed by atoms with E-state index in [0.717, 1.165) is 33.5 Å². The lowest BCUT2D eigenvalue weighted by Gasteiger charge is -2.33. The minimum absolute atomic E-state index is 0.0317. The summed E-state index contributed by atoms with van der Waals surface area (Å²) in [6, 6.07) is 11.3. The normalized spacial score (nSPS) is 15.3. The van der Waals surface area contributed by atoms with E-state index in [9.17, 15) is 4.79 Å². The summed E-state index contributed by atoms with van der Waals surface area (Å²) >= 11 is 0. The molecule has 4 rings (SSSR count). The molecular formula is C19H18N2O2. The number of benzene rings is 2. The fourth-order valence-corrected chi connectivity index (χ4v) is 3.71. The summed E-state index contributed by atoms with van der Waals surface area (Å²) < 4.78 is 5.52. The minimum atomic E-state index is -0.362. The van der Waals surface area contributed by atoms with Crippen LogP contribution in [0.2, 0.25) is 0 Å². The summed E-state index contributed by atoms with van der Waals surface area (Å²) in [6.45, 7) is 4.22. The average Bonchev–Trinajstić information content (AvgIpc) is 2.92. The van der Waals surface area contributed by atoms with Crippen molar-refractivity contribution in [2.75, 3.05) is 12.8 Å². The first-order valence-corrected chi connectivity index (χ1v) is 7.59. The number of ether oxygens (including phenoxy) is 1. The molecule has 3 N–H and O–H groups in total. The molecule has 0 unspecified atom stereocenters. The van der Waals surface area contributed by atoms with Gasteiger partial charge in [-0.25, -0.2) is 0 Å². The molecule has 0 spiro atoms. The third-order valence-electron chi connectivity index (χ3n) is 4.79. The van der Waals surface area contributed by atoms with Crippen LogP contribution in [0.15, 0.2) is 36.4 Å². The van der Waals surface area contributed by atoms with Crippen LogP contribution >= 0.6 is 0 Å². The first kappa shape index (κ1) is 13.9. The number of aromatic nitrogens is 1. The number of rotatable bonds is 1. The van der Waals surface area contributed by atoms with E-state index in [1.807, 2.05) is 36.4 Å². The summed E-state index contributed by atoms with van der Waals surface area (Å²) in [5.74, 6) is 0.772. The van der Waals surface area contributed by atoms with Gasteiger partial charge in [0.05, 0.1) is 12.7 Å². The number of nitrogens with two attached hydrogens (primary N) is 1. The highest BCUT2D eigenvalue weighted by Gasteiger charge is 2.41. The lowest BCUT2D eigenvalue weighted by molar-refractivity contribution is 0.103. The van der Waals surface area contributed by atoms with Crippen LogP contribution in [0.1, 0.15) is 41.0 Å². The first-order valence-electron chi connectivity index (χ1n) is 7.59. The Morgan fingerprint density at radius 1 is 1.17 bits per heavy atom. The third kappa shape index (κ3) is 1.69. The van der Waals surface area contributed by atoms with Crippen molar-refractivity contribution in [2.24, 2.45) is 0 Å². The van der Waals surface area contributed by atoms with Crippen LogP contribution in [-0.4, -0.2) is 17.9 Å². The van der Waals surface area contributed by atoms with E-state index in [1.54, 1.807) is 7.11 Å². The Hall–Kier alpha value is -2.75. The predicted molar refractivity (Wildman–Crippen MR) is 91.3 cm³/mol. The molecule has 0 aliphatic heterocycles. The number of methoxy groups -OCH3 is 1. The van der Waals surface area contributed by atoms with Crippen molar-refractivity contribution in [1.29, 1.82) is 0 Å². The zero-order valence-corrected chi connectivity index (χ0v) is 13.4. The van der Waals surface area contributed by atoms with E-state index in [1.165, 1.54) is 0 Å². The number of H-pyrrole nitrogens is 1. The number of hydrogen-bond acceptors (Lipinski definition) is 3. The molecule has 3 aromatic rings. The molecule has 0 saturated heterocycles. The zero-order chi connectivity index (χ0) is 16.4. The van der Waals surface area contributed by atoms with Gasteiger partial charge in [0.2, 0.25) is 0 Å². The molecule has 0 fully saturated rings. The number of nitrogens with one attached hydrogen (secondary N) is 1. The van der Waals surface area contributed by atoms with Crippen molar-refractivity contribution in [3.05, 3.63) is 58.8 Å². The number of ketones is 1. The molecule has 0 bridgehead atoms. The summed E-state index contributed by atoms with van der Waals surface area (Å²) in [5, 5.41) is 0.917. The number of fused-ring (bicyclic) bond motifs is 4. The van der Waals surface area contributed by atoms with Gasteiger partial charge in [0, 0.05) is 38.8 Å². The Bertz CT molecular complexity index is 967. The van der Waals surface area contributed by atoms with Gasteiger partial charge >= 0.3 is 0 Å². The number of hydrogen-bond donors (Lipinski definition) is 2. The van der Waals surface area contributed by atoms with Gasteiger partial charge in [-0.1, -0.05) is 32.0 Å². The van der Waals surface area contributed by atoms with Gasteiger partial charge < -0.3 is 15.5 Å². The molecule has 1 aromatic heterocycles. The lowest BCUT2D eigenvalue weighted by atomic mass is 9.71. The molecule has 116 valence electrons. The second-order valence-corrected chi connectivity index (χ2v) is 6.52. The molecule has 0 amide bonds.